The number of ether oxygens (including phenoxy) is 1. The van der Waals surface area contributed by atoms with Crippen molar-refractivity contribution in [1.82, 2.24) is 0 Å². The van der Waals surface area contributed by atoms with Gasteiger partial charge < -0.3 is 9.84 Å². The Labute approximate surface area is 66.4 Å². The van der Waals surface area contributed by atoms with Crippen LogP contribution in [-0.2, 0) is 9.53 Å². The van der Waals surface area contributed by atoms with Gasteiger partial charge in [-0.05, 0) is 32.6 Å². The quantitative estimate of drug-likeness (QED) is 0.675. The molecule has 0 aromatic heterocycles. The number of hydrogen-bond acceptors (Lipinski definition) is 2. The summed E-state index contributed by atoms with van der Waals surface area (Å²) in [5, 5.41) is 8.87. The minimum absolute atomic E-state index is 0.492. The Morgan fingerprint density at radius 3 is 2.45 bits per heavy atom. The highest BCUT2D eigenvalue weighted by atomic mass is 16.5. The van der Waals surface area contributed by atoms with Crippen LogP contribution in [0, 0.1) is 0 Å². The van der Waals surface area contributed by atoms with Gasteiger partial charge in [0.05, 0.1) is 0 Å². The van der Waals surface area contributed by atoms with Gasteiger partial charge in [0.1, 0.15) is 0 Å². The van der Waals surface area contributed by atoms with Crippen molar-refractivity contribution in [3.8, 4) is 0 Å². The Kier molecular flexibility index (Phi) is 2.49. The van der Waals surface area contributed by atoms with E-state index in [9.17, 15) is 4.79 Å². The van der Waals surface area contributed by atoms with E-state index in [1.807, 2.05) is 6.92 Å². The molecule has 0 aliphatic heterocycles. The molecule has 0 atom stereocenters. The zero-order chi connectivity index (χ0) is 8.32. The highest BCUT2D eigenvalue weighted by molar-refractivity contribution is 5.77. The minimum atomic E-state index is -0.839. The number of aliphatic carboxylic acids is 1. The largest absolute Gasteiger partial charge is 0.479 e. The topological polar surface area (TPSA) is 46.5 Å². The van der Waals surface area contributed by atoms with Gasteiger partial charge in [0.2, 0.25) is 0 Å². The highest BCUT2D eigenvalue weighted by Gasteiger charge is 2.41. The van der Waals surface area contributed by atoms with E-state index in [-0.39, 0.29) is 0 Å². The molecule has 1 saturated carbocycles. The molecular formula is C8H14O3. The average Bonchev–Trinajstić information content (AvgIpc) is 2.38. The third-order valence-electron chi connectivity index (χ3n) is 2.22. The van der Waals surface area contributed by atoms with Gasteiger partial charge in [0.25, 0.3) is 0 Å². The second-order valence-corrected chi connectivity index (χ2v) is 2.94. The summed E-state index contributed by atoms with van der Waals surface area (Å²) in [5.74, 6) is -0.795. The molecule has 0 aromatic carbocycles. The predicted molar refractivity (Wildman–Crippen MR) is 40.5 cm³/mol. The molecule has 11 heavy (non-hydrogen) atoms. The molecule has 0 aromatic rings. The average molecular weight is 158 g/mol. The van der Waals surface area contributed by atoms with Crippen LogP contribution >= 0.6 is 0 Å². The molecule has 0 heterocycles. The Hall–Kier alpha value is -0.570. The molecule has 64 valence electrons. The fraction of sp³-hybridized carbons (Fsp3) is 0.875. The maximum absolute atomic E-state index is 10.8. The lowest BCUT2D eigenvalue weighted by Gasteiger charge is -2.23. The van der Waals surface area contributed by atoms with Crippen molar-refractivity contribution in [2.75, 3.05) is 6.61 Å². The van der Waals surface area contributed by atoms with Crippen LogP contribution in [0.5, 0.6) is 0 Å². The van der Waals surface area contributed by atoms with Crippen LogP contribution < -0.4 is 0 Å². The summed E-state index contributed by atoms with van der Waals surface area (Å²) in [7, 11) is 0. The zero-order valence-corrected chi connectivity index (χ0v) is 6.80. The van der Waals surface area contributed by atoms with Gasteiger partial charge in [-0.2, -0.15) is 0 Å². The van der Waals surface area contributed by atoms with Crippen molar-refractivity contribution >= 4 is 5.97 Å². The first-order valence-electron chi connectivity index (χ1n) is 4.08. The van der Waals surface area contributed by atoms with Crippen molar-refractivity contribution in [3.05, 3.63) is 0 Å². The molecule has 0 spiro atoms. The summed E-state index contributed by atoms with van der Waals surface area (Å²) in [5.41, 5.74) is -0.839. The maximum atomic E-state index is 10.8. The van der Waals surface area contributed by atoms with E-state index in [4.69, 9.17) is 9.84 Å². The first-order valence-corrected chi connectivity index (χ1v) is 4.08. The molecule has 3 heteroatoms. The molecule has 0 unspecified atom stereocenters. The number of carbonyl (C=O) groups is 1. The summed E-state index contributed by atoms with van der Waals surface area (Å²) >= 11 is 0. The van der Waals surface area contributed by atoms with Crippen molar-refractivity contribution in [3.63, 3.8) is 0 Å². The fourth-order valence-corrected chi connectivity index (χ4v) is 1.64. The molecular weight excluding hydrogens is 144 g/mol. The molecule has 0 radical (unpaired) electrons. The summed E-state index contributed by atoms with van der Waals surface area (Å²) < 4.78 is 5.25. The second kappa shape index (κ2) is 3.22. The number of hydrogen-bond donors (Lipinski definition) is 1. The second-order valence-electron chi connectivity index (χ2n) is 2.94. The third kappa shape index (κ3) is 1.53. The van der Waals surface area contributed by atoms with E-state index in [2.05, 4.69) is 0 Å². The first-order chi connectivity index (χ1) is 5.21. The SMILES string of the molecule is CCOC1(C(=O)O)CCCC1. The van der Waals surface area contributed by atoms with Crippen molar-refractivity contribution < 1.29 is 14.6 Å². The molecule has 1 fully saturated rings. The number of carboxylic acids is 1. The Bertz CT molecular complexity index is 147. The standard InChI is InChI=1S/C8H14O3/c1-2-11-8(7(9)10)5-3-4-6-8/h2-6H2,1H3,(H,9,10). The van der Waals surface area contributed by atoms with E-state index in [1.165, 1.54) is 0 Å². The molecule has 0 saturated heterocycles. The summed E-state index contributed by atoms with van der Waals surface area (Å²) in [6.07, 6.45) is 3.31. The molecule has 1 aliphatic carbocycles. The number of carboxylic acid groups (broad SMARTS) is 1. The molecule has 0 bridgehead atoms. The van der Waals surface area contributed by atoms with Crippen LogP contribution in [0.15, 0.2) is 0 Å². The van der Waals surface area contributed by atoms with E-state index in [1.54, 1.807) is 0 Å². The minimum Gasteiger partial charge on any atom is -0.479 e. The van der Waals surface area contributed by atoms with Crippen molar-refractivity contribution in [1.29, 1.82) is 0 Å². The van der Waals surface area contributed by atoms with Gasteiger partial charge in [0, 0.05) is 6.61 Å². The Balaban J connectivity index is 2.62. The Morgan fingerprint density at radius 2 is 2.09 bits per heavy atom. The van der Waals surface area contributed by atoms with Crippen LogP contribution in [-0.4, -0.2) is 23.3 Å². The maximum Gasteiger partial charge on any atom is 0.335 e. The van der Waals surface area contributed by atoms with Crippen LogP contribution in [0.1, 0.15) is 32.6 Å². The summed E-state index contributed by atoms with van der Waals surface area (Å²) in [4.78, 5) is 10.8. The van der Waals surface area contributed by atoms with Gasteiger partial charge in [-0.15, -0.1) is 0 Å². The smallest absolute Gasteiger partial charge is 0.335 e. The first kappa shape index (κ1) is 8.53. The van der Waals surface area contributed by atoms with Gasteiger partial charge in [0.15, 0.2) is 5.60 Å². The normalized spacial score (nSPS) is 21.9. The van der Waals surface area contributed by atoms with Crippen LogP contribution in [0.2, 0.25) is 0 Å². The van der Waals surface area contributed by atoms with Crippen LogP contribution in [0.4, 0.5) is 0 Å². The fourth-order valence-electron chi connectivity index (χ4n) is 1.64. The zero-order valence-electron chi connectivity index (χ0n) is 6.80. The molecule has 1 N–H and O–H groups in total. The monoisotopic (exact) mass is 158 g/mol. The lowest BCUT2D eigenvalue weighted by atomic mass is 10.0. The molecule has 3 nitrogen and oxygen atoms in total. The van der Waals surface area contributed by atoms with Crippen LogP contribution in [0.25, 0.3) is 0 Å². The predicted octanol–water partition coefficient (Wildman–Crippen LogP) is 1.42. The third-order valence-corrected chi connectivity index (χ3v) is 2.22. The van der Waals surface area contributed by atoms with Crippen molar-refractivity contribution in [2.24, 2.45) is 0 Å². The van der Waals surface area contributed by atoms with Gasteiger partial charge in [-0.3, -0.25) is 0 Å². The van der Waals surface area contributed by atoms with Crippen molar-refractivity contribution in [2.45, 2.75) is 38.2 Å². The molecule has 1 aliphatic rings. The number of rotatable bonds is 3. The van der Waals surface area contributed by atoms with Crippen LogP contribution in [0.3, 0.4) is 0 Å². The lowest BCUT2D eigenvalue weighted by molar-refractivity contribution is -0.164. The lowest BCUT2D eigenvalue weighted by Crippen LogP contribution is -2.38. The van der Waals surface area contributed by atoms with E-state index in [0.717, 1.165) is 12.8 Å². The molecule has 1 rings (SSSR count). The Morgan fingerprint density at radius 1 is 1.55 bits per heavy atom. The highest BCUT2D eigenvalue weighted by Crippen LogP contribution is 2.33. The summed E-state index contributed by atoms with van der Waals surface area (Å²) in [6, 6.07) is 0. The van der Waals surface area contributed by atoms with E-state index < -0.39 is 11.6 Å². The van der Waals surface area contributed by atoms with Gasteiger partial charge >= 0.3 is 5.97 Å². The van der Waals surface area contributed by atoms with Gasteiger partial charge in [-0.1, -0.05) is 0 Å². The van der Waals surface area contributed by atoms with E-state index >= 15 is 0 Å². The van der Waals surface area contributed by atoms with Gasteiger partial charge in [-0.25, -0.2) is 4.79 Å². The molecule has 0 amide bonds. The summed E-state index contributed by atoms with van der Waals surface area (Å²) in [6.45, 7) is 2.33. The van der Waals surface area contributed by atoms with E-state index in [0.29, 0.717) is 19.4 Å².